The predicted molar refractivity (Wildman–Crippen MR) is 76.8 cm³/mol. The van der Waals surface area contributed by atoms with Crippen LogP contribution in [0, 0.1) is 6.92 Å². The van der Waals surface area contributed by atoms with Gasteiger partial charge in [-0.25, -0.2) is 4.98 Å². The molecule has 100 valence electrons. The zero-order valence-electron chi connectivity index (χ0n) is 10.8. The molecule has 0 spiro atoms. The largest absolute Gasteiger partial charge is 0.348 e. The second kappa shape index (κ2) is 6.45. The molecule has 0 radical (unpaired) electrons. The topological polar surface area (TPSA) is 68.0 Å². The van der Waals surface area contributed by atoms with E-state index in [4.69, 9.17) is 5.73 Å². The highest BCUT2D eigenvalue weighted by molar-refractivity contribution is 7.09. The molecule has 5 heteroatoms. The van der Waals surface area contributed by atoms with Crippen LogP contribution in [0.25, 0.3) is 0 Å². The molecule has 0 bridgehead atoms. The molecule has 0 aliphatic carbocycles. The third-order valence-electron chi connectivity index (χ3n) is 2.72. The zero-order chi connectivity index (χ0) is 13.7. The van der Waals surface area contributed by atoms with Crippen molar-refractivity contribution in [1.29, 1.82) is 0 Å². The summed E-state index contributed by atoms with van der Waals surface area (Å²) in [5.74, 6) is -0.142. The lowest BCUT2D eigenvalue weighted by atomic mass is 10.1. The molecule has 19 heavy (non-hydrogen) atoms. The second-order valence-corrected chi connectivity index (χ2v) is 5.34. The number of nitrogens with zero attached hydrogens (tertiary/aromatic N) is 1. The molecule has 1 aromatic heterocycles. The summed E-state index contributed by atoms with van der Waals surface area (Å²) in [6.45, 7) is 2.38. The lowest BCUT2D eigenvalue weighted by Crippen LogP contribution is -2.41. The fraction of sp³-hybridized carbons (Fsp3) is 0.286. The summed E-state index contributed by atoms with van der Waals surface area (Å²) in [5, 5.41) is 5.68. The molecular weight excluding hydrogens is 258 g/mol. The van der Waals surface area contributed by atoms with E-state index in [2.05, 4.69) is 10.3 Å². The van der Waals surface area contributed by atoms with Gasteiger partial charge in [0, 0.05) is 11.1 Å². The Labute approximate surface area is 116 Å². The normalized spacial score (nSPS) is 12.1. The lowest BCUT2D eigenvalue weighted by molar-refractivity contribution is -0.122. The van der Waals surface area contributed by atoms with Crippen LogP contribution in [0.4, 0.5) is 0 Å². The van der Waals surface area contributed by atoms with Gasteiger partial charge >= 0.3 is 0 Å². The Hall–Kier alpha value is -1.72. The number of nitrogens with two attached hydrogens (primary N) is 1. The number of nitrogens with one attached hydrogen (secondary N) is 1. The Morgan fingerprint density at radius 1 is 1.42 bits per heavy atom. The molecule has 1 aromatic carbocycles. The number of aromatic nitrogens is 1. The number of thiazole rings is 1. The first-order chi connectivity index (χ1) is 9.15. The summed E-state index contributed by atoms with van der Waals surface area (Å²) in [7, 11) is 0. The van der Waals surface area contributed by atoms with Gasteiger partial charge in [0.15, 0.2) is 0 Å². The maximum Gasteiger partial charge on any atom is 0.237 e. The van der Waals surface area contributed by atoms with Gasteiger partial charge in [-0.2, -0.15) is 0 Å². The lowest BCUT2D eigenvalue weighted by Gasteiger charge is -2.11. The van der Waals surface area contributed by atoms with Crippen LogP contribution < -0.4 is 11.1 Å². The first-order valence-electron chi connectivity index (χ1n) is 6.13. The van der Waals surface area contributed by atoms with Gasteiger partial charge in [-0.15, -0.1) is 11.3 Å². The Kier molecular flexibility index (Phi) is 4.65. The fourth-order valence-corrected chi connectivity index (χ4v) is 2.45. The summed E-state index contributed by atoms with van der Waals surface area (Å²) >= 11 is 1.54. The standard InChI is InChI=1S/C14H17N3OS/c1-10-9-19-13(17-10)8-16-14(18)12(15)7-11-5-3-2-4-6-11/h2-6,9,12H,7-8,15H2,1H3,(H,16,18)/t12-/m1/s1. The van der Waals surface area contributed by atoms with Crippen LogP contribution in [0.2, 0.25) is 0 Å². The first kappa shape index (κ1) is 13.7. The molecule has 1 amide bonds. The summed E-state index contributed by atoms with van der Waals surface area (Å²) < 4.78 is 0. The number of amides is 1. The van der Waals surface area contributed by atoms with Gasteiger partial charge in [-0.3, -0.25) is 4.79 Å². The third kappa shape index (κ3) is 4.15. The predicted octanol–water partition coefficient (Wildman–Crippen LogP) is 1.64. The van der Waals surface area contributed by atoms with Gasteiger partial charge in [0.2, 0.25) is 5.91 Å². The quantitative estimate of drug-likeness (QED) is 0.871. The zero-order valence-corrected chi connectivity index (χ0v) is 11.6. The SMILES string of the molecule is Cc1csc(CNC(=O)[C@H](N)Cc2ccccc2)n1. The van der Waals surface area contributed by atoms with Crippen LogP contribution >= 0.6 is 11.3 Å². The average molecular weight is 275 g/mol. The minimum absolute atomic E-state index is 0.142. The molecule has 0 unspecified atom stereocenters. The minimum Gasteiger partial charge on any atom is -0.348 e. The van der Waals surface area contributed by atoms with Crippen molar-refractivity contribution in [2.75, 3.05) is 0 Å². The van der Waals surface area contributed by atoms with Crippen LogP contribution in [-0.2, 0) is 17.8 Å². The maximum atomic E-state index is 11.9. The third-order valence-corrected chi connectivity index (χ3v) is 3.68. The van der Waals surface area contributed by atoms with E-state index in [0.29, 0.717) is 13.0 Å². The van der Waals surface area contributed by atoms with Crippen molar-refractivity contribution in [2.45, 2.75) is 25.9 Å². The Morgan fingerprint density at radius 2 is 2.16 bits per heavy atom. The van der Waals surface area contributed by atoms with Crippen LogP contribution in [0.5, 0.6) is 0 Å². The highest BCUT2D eigenvalue weighted by Crippen LogP contribution is 2.08. The molecule has 2 aromatic rings. The molecule has 0 aliphatic heterocycles. The van der Waals surface area contributed by atoms with Gasteiger partial charge in [0.05, 0.1) is 12.6 Å². The average Bonchev–Trinajstić information content (AvgIpc) is 2.83. The molecule has 2 rings (SSSR count). The summed E-state index contributed by atoms with van der Waals surface area (Å²) in [5.41, 5.74) is 7.93. The summed E-state index contributed by atoms with van der Waals surface area (Å²) in [6, 6.07) is 9.24. The number of benzene rings is 1. The van der Waals surface area contributed by atoms with E-state index < -0.39 is 6.04 Å². The number of aryl methyl sites for hydroxylation is 1. The highest BCUT2D eigenvalue weighted by atomic mass is 32.1. The van der Waals surface area contributed by atoms with Crippen LogP contribution in [0.3, 0.4) is 0 Å². The van der Waals surface area contributed by atoms with Crippen molar-refractivity contribution in [1.82, 2.24) is 10.3 Å². The highest BCUT2D eigenvalue weighted by Gasteiger charge is 2.14. The fourth-order valence-electron chi connectivity index (χ4n) is 1.74. The van der Waals surface area contributed by atoms with E-state index >= 15 is 0 Å². The monoisotopic (exact) mass is 275 g/mol. The van der Waals surface area contributed by atoms with Crippen molar-refractivity contribution in [2.24, 2.45) is 5.73 Å². The number of hydrogen-bond donors (Lipinski definition) is 2. The van der Waals surface area contributed by atoms with Crippen molar-refractivity contribution < 1.29 is 4.79 Å². The molecule has 0 saturated heterocycles. The summed E-state index contributed by atoms with van der Waals surface area (Å²) in [6.07, 6.45) is 0.545. The van der Waals surface area contributed by atoms with Crippen LogP contribution in [0.1, 0.15) is 16.3 Å². The van der Waals surface area contributed by atoms with E-state index in [0.717, 1.165) is 16.3 Å². The van der Waals surface area contributed by atoms with E-state index in [9.17, 15) is 4.79 Å². The number of carbonyl (C=O) groups excluding carboxylic acids is 1. The van der Waals surface area contributed by atoms with Gasteiger partial charge in [-0.05, 0) is 18.9 Å². The molecule has 0 aliphatic rings. The van der Waals surface area contributed by atoms with Gasteiger partial charge in [0.1, 0.15) is 5.01 Å². The molecule has 0 fully saturated rings. The molecule has 1 heterocycles. The second-order valence-electron chi connectivity index (χ2n) is 4.40. The molecule has 4 nitrogen and oxygen atoms in total. The molecular formula is C14H17N3OS. The number of hydrogen-bond acceptors (Lipinski definition) is 4. The van der Waals surface area contributed by atoms with Gasteiger partial charge in [-0.1, -0.05) is 30.3 Å². The maximum absolute atomic E-state index is 11.9. The van der Waals surface area contributed by atoms with Crippen molar-refractivity contribution in [3.8, 4) is 0 Å². The van der Waals surface area contributed by atoms with Gasteiger partial charge < -0.3 is 11.1 Å². The smallest absolute Gasteiger partial charge is 0.237 e. The number of rotatable bonds is 5. The number of carbonyl (C=O) groups is 1. The van der Waals surface area contributed by atoms with Gasteiger partial charge in [0.25, 0.3) is 0 Å². The van der Waals surface area contributed by atoms with E-state index in [-0.39, 0.29) is 5.91 Å². The Bertz CT molecular complexity index is 539. The molecule has 0 saturated carbocycles. The minimum atomic E-state index is -0.525. The van der Waals surface area contributed by atoms with Crippen molar-refractivity contribution in [3.05, 3.63) is 52.0 Å². The van der Waals surface area contributed by atoms with Crippen LogP contribution in [-0.4, -0.2) is 16.9 Å². The summed E-state index contributed by atoms with van der Waals surface area (Å²) in [4.78, 5) is 16.2. The van der Waals surface area contributed by atoms with Crippen molar-refractivity contribution >= 4 is 17.2 Å². The molecule has 3 N–H and O–H groups in total. The van der Waals surface area contributed by atoms with Crippen LogP contribution in [0.15, 0.2) is 35.7 Å². The Balaban J connectivity index is 1.82. The Morgan fingerprint density at radius 3 is 2.79 bits per heavy atom. The molecule has 1 atom stereocenters. The van der Waals surface area contributed by atoms with E-state index in [1.165, 1.54) is 0 Å². The van der Waals surface area contributed by atoms with E-state index in [1.54, 1.807) is 11.3 Å². The van der Waals surface area contributed by atoms with E-state index in [1.807, 2.05) is 42.6 Å². The first-order valence-corrected chi connectivity index (χ1v) is 7.01. The van der Waals surface area contributed by atoms with Crippen molar-refractivity contribution in [3.63, 3.8) is 0 Å².